The molecule has 0 aliphatic carbocycles. The number of nitrogens with zero attached hydrogens (tertiary/aromatic N) is 1. The number of hydrogen-bond acceptors (Lipinski definition) is 10. The summed E-state index contributed by atoms with van der Waals surface area (Å²) in [6.07, 6.45) is 2.10. The predicted octanol–water partition coefficient (Wildman–Crippen LogP) is 4.90. The molecule has 0 saturated carbocycles. The molecule has 0 atom stereocenters. The Balaban J connectivity index is 1.72. The van der Waals surface area contributed by atoms with Crippen molar-refractivity contribution in [3.63, 3.8) is 0 Å². The van der Waals surface area contributed by atoms with Crippen LogP contribution in [-0.2, 0) is 23.9 Å². The maximum absolute atomic E-state index is 13.0. The van der Waals surface area contributed by atoms with Crippen LogP contribution in [0.5, 0.6) is 11.5 Å². The fourth-order valence-corrected chi connectivity index (χ4v) is 4.74. The quantitative estimate of drug-likeness (QED) is 0.263. The summed E-state index contributed by atoms with van der Waals surface area (Å²) >= 11 is 10.1. The monoisotopic (exact) mass is 654 g/mol. The number of ether oxygens (including phenoxy) is 4. The van der Waals surface area contributed by atoms with Gasteiger partial charge in [-0.2, -0.15) is 0 Å². The van der Waals surface area contributed by atoms with E-state index >= 15 is 0 Å². The number of benzene rings is 2. The van der Waals surface area contributed by atoms with Gasteiger partial charge in [0.1, 0.15) is 6.54 Å². The van der Waals surface area contributed by atoms with Crippen LogP contribution in [0.25, 0.3) is 6.08 Å². The molecule has 40 heavy (non-hydrogen) atoms. The van der Waals surface area contributed by atoms with E-state index in [-0.39, 0.29) is 45.9 Å². The number of carbonyl (C=O) groups is 5. The third-order valence-corrected chi connectivity index (χ3v) is 7.15. The summed E-state index contributed by atoms with van der Waals surface area (Å²) in [4.78, 5) is 62.7. The van der Waals surface area contributed by atoms with Crippen LogP contribution in [0.2, 0.25) is 5.02 Å². The summed E-state index contributed by atoms with van der Waals surface area (Å²) in [6, 6.07) is 7.37. The second-order valence-corrected chi connectivity index (χ2v) is 10.3. The van der Waals surface area contributed by atoms with E-state index in [1.807, 2.05) is 6.92 Å². The molecule has 1 heterocycles. The highest BCUT2D eigenvalue weighted by Crippen LogP contribution is 2.38. The Morgan fingerprint density at radius 3 is 2.55 bits per heavy atom. The van der Waals surface area contributed by atoms with Gasteiger partial charge in [0.15, 0.2) is 18.1 Å². The van der Waals surface area contributed by atoms with Gasteiger partial charge in [0, 0.05) is 10.2 Å². The highest BCUT2D eigenvalue weighted by atomic mass is 79.9. The lowest BCUT2D eigenvalue weighted by atomic mass is 10.2. The maximum Gasteiger partial charge on any atom is 0.343 e. The molecule has 2 aromatic carbocycles. The van der Waals surface area contributed by atoms with E-state index in [2.05, 4.69) is 26.0 Å². The van der Waals surface area contributed by atoms with E-state index in [1.54, 1.807) is 12.1 Å². The fraction of sp³-hybridized carbons (Fsp3) is 0.269. The molecular formula is C26H24BrClN2O9S. The van der Waals surface area contributed by atoms with Gasteiger partial charge >= 0.3 is 11.9 Å². The highest BCUT2D eigenvalue weighted by molar-refractivity contribution is 9.10. The standard InChI is InChI=1S/C26H24BrClN2O9S/c1-4-7-38-25(34)16-10-15(5-6-18(16)28)29-22(31)12-30-24(33)21(40-26(30)35)9-14-8-19(36-2)20(11-17(14)27)39-13-23(32)37-3/h5-6,8-11H,4,7,12-13H2,1-3H3,(H,29,31)/b21-9+. The third kappa shape index (κ3) is 7.77. The van der Waals surface area contributed by atoms with Crippen molar-refractivity contribution >= 4 is 80.0 Å². The van der Waals surface area contributed by atoms with E-state index < -0.39 is 35.5 Å². The topological polar surface area (TPSA) is 138 Å². The number of imide groups is 1. The smallest absolute Gasteiger partial charge is 0.343 e. The summed E-state index contributed by atoms with van der Waals surface area (Å²) < 4.78 is 20.9. The first-order valence-electron chi connectivity index (χ1n) is 11.7. The van der Waals surface area contributed by atoms with Crippen molar-refractivity contribution < 1.29 is 42.9 Å². The molecule has 14 heteroatoms. The molecule has 212 valence electrons. The van der Waals surface area contributed by atoms with Gasteiger partial charge in [0.2, 0.25) is 5.91 Å². The number of hydrogen-bond donors (Lipinski definition) is 1. The van der Waals surface area contributed by atoms with E-state index in [9.17, 15) is 24.0 Å². The molecule has 0 spiro atoms. The average molecular weight is 656 g/mol. The first-order valence-corrected chi connectivity index (χ1v) is 13.7. The SMILES string of the molecule is CCCOC(=O)c1cc(NC(=O)CN2C(=O)S/C(=C/c3cc(OC)c(OCC(=O)OC)cc3Br)C2=O)ccc1Cl. The van der Waals surface area contributed by atoms with Gasteiger partial charge in [-0.3, -0.25) is 19.3 Å². The lowest BCUT2D eigenvalue weighted by Gasteiger charge is -2.13. The first kappa shape index (κ1) is 31.0. The normalized spacial score (nSPS) is 13.8. The number of esters is 2. The van der Waals surface area contributed by atoms with Gasteiger partial charge in [0.25, 0.3) is 11.1 Å². The van der Waals surface area contributed by atoms with Crippen LogP contribution in [0.1, 0.15) is 29.3 Å². The minimum Gasteiger partial charge on any atom is -0.493 e. The summed E-state index contributed by atoms with van der Waals surface area (Å²) in [5, 5.41) is 2.08. The Kier molecular flexibility index (Phi) is 11.0. The molecule has 1 fully saturated rings. The molecule has 1 saturated heterocycles. The zero-order chi connectivity index (χ0) is 29.4. The van der Waals surface area contributed by atoms with Crippen molar-refractivity contribution in [2.45, 2.75) is 13.3 Å². The van der Waals surface area contributed by atoms with Crippen LogP contribution in [0.4, 0.5) is 10.5 Å². The van der Waals surface area contributed by atoms with E-state index in [4.69, 9.17) is 25.8 Å². The minimum atomic E-state index is -0.665. The van der Waals surface area contributed by atoms with Crippen molar-refractivity contribution in [2.24, 2.45) is 0 Å². The minimum absolute atomic E-state index is 0.0738. The average Bonchev–Trinajstić information content (AvgIpc) is 3.19. The first-order chi connectivity index (χ1) is 19.1. The van der Waals surface area contributed by atoms with Crippen molar-refractivity contribution in [1.82, 2.24) is 4.90 Å². The molecule has 3 rings (SSSR count). The Morgan fingerprint density at radius 1 is 1.12 bits per heavy atom. The fourth-order valence-electron chi connectivity index (χ4n) is 3.28. The molecule has 0 bridgehead atoms. The number of amides is 3. The molecule has 1 aliphatic heterocycles. The van der Waals surface area contributed by atoms with Crippen molar-refractivity contribution in [1.29, 1.82) is 0 Å². The Bertz CT molecular complexity index is 1380. The summed E-state index contributed by atoms with van der Waals surface area (Å²) in [5.74, 6) is -2.00. The lowest BCUT2D eigenvalue weighted by molar-refractivity contribution is -0.143. The number of anilines is 1. The van der Waals surface area contributed by atoms with Gasteiger partial charge in [-0.25, -0.2) is 9.59 Å². The molecule has 1 N–H and O–H groups in total. The zero-order valence-electron chi connectivity index (χ0n) is 21.6. The van der Waals surface area contributed by atoms with Gasteiger partial charge in [-0.1, -0.05) is 34.5 Å². The zero-order valence-corrected chi connectivity index (χ0v) is 24.7. The van der Waals surface area contributed by atoms with Crippen LogP contribution >= 0.6 is 39.3 Å². The molecule has 11 nitrogen and oxygen atoms in total. The number of thioether (sulfide) groups is 1. The lowest BCUT2D eigenvalue weighted by Crippen LogP contribution is -2.36. The van der Waals surface area contributed by atoms with E-state index in [1.165, 1.54) is 38.5 Å². The van der Waals surface area contributed by atoms with E-state index in [0.717, 1.165) is 4.90 Å². The summed E-state index contributed by atoms with van der Waals surface area (Å²) in [6.45, 7) is 1.18. The van der Waals surface area contributed by atoms with Gasteiger partial charge in [-0.05, 0) is 60.2 Å². The van der Waals surface area contributed by atoms with Gasteiger partial charge in [-0.15, -0.1) is 0 Å². The molecule has 3 amide bonds. The van der Waals surface area contributed by atoms with E-state index in [0.29, 0.717) is 28.2 Å². The number of methoxy groups -OCH3 is 2. The van der Waals surface area contributed by atoms with Crippen LogP contribution in [0, 0.1) is 0 Å². The number of nitrogens with one attached hydrogen (secondary N) is 1. The largest absolute Gasteiger partial charge is 0.493 e. The highest BCUT2D eigenvalue weighted by Gasteiger charge is 2.36. The maximum atomic E-state index is 13.0. The molecule has 2 aromatic rings. The molecule has 0 radical (unpaired) electrons. The predicted molar refractivity (Wildman–Crippen MR) is 152 cm³/mol. The Morgan fingerprint density at radius 2 is 1.88 bits per heavy atom. The summed E-state index contributed by atoms with van der Waals surface area (Å²) in [7, 11) is 2.64. The van der Waals surface area contributed by atoms with Crippen LogP contribution in [-0.4, -0.2) is 67.9 Å². The van der Waals surface area contributed by atoms with Crippen molar-refractivity contribution in [2.75, 3.05) is 39.3 Å². The van der Waals surface area contributed by atoms with Crippen LogP contribution < -0.4 is 14.8 Å². The number of rotatable bonds is 11. The molecule has 1 aliphatic rings. The van der Waals surface area contributed by atoms with Gasteiger partial charge < -0.3 is 24.3 Å². The van der Waals surface area contributed by atoms with Crippen molar-refractivity contribution in [3.05, 3.63) is 55.9 Å². The Hall–Kier alpha value is -3.55. The number of carbonyl (C=O) groups excluding carboxylic acids is 5. The summed E-state index contributed by atoms with van der Waals surface area (Å²) in [5.41, 5.74) is 0.802. The number of halogens is 2. The van der Waals surface area contributed by atoms with Crippen molar-refractivity contribution in [3.8, 4) is 11.5 Å². The van der Waals surface area contributed by atoms with Crippen LogP contribution in [0.3, 0.4) is 0 Å². The molecule has 0 unspecified atom stereocenters. The Labute approximate surface area is 247 Å². The second kappa shape index (κ2) is 14.2. The molecular weight excluding hydrogens is 632 g/mol. The second-order valence-electron chi connectivity index (χ2n) is 8.04. The third-order valence-electron chi connectivity index (χ3n) is 5.23. The molecule has 0 aromatic heterocycles. The van der Waals surface area contributed by atoms with Gasteiger partial charge in [0.05, 0.1) is 36.3 Å². The van der Waals surface area contributed by atoms with Crippen LogP contribution in [0.15, 0.2) is 39.7 Å².